The van der Waals surface area contributed by atoms with Gasteiger partial charge in [0.2, 0.25) is 10.0 Å². The Labute approximate surface area is 124 Å². The molecule has 0 heterocycles. The minimum absolute atomic E-state index is 0.350. The highest BCUT2D eigenvalue weighted by molar-refractivity contribution is 9.10. The van der Waals surface area contributed by atoms with Crippen molar-refractivity contribution in [3.63, 3.8) is 0 Å². The molecule has 6 heteroatoms. The molecule has 0 unspecified atom stereocenters. The highest BCUT2D eigenvalue weighted by Gasteiger charge is 2.18. The van der Waals surface area contributed by atoms with Gasteiger partial charge in [-0.25, -0.2) is 13.1 Å². The van der Waals surface area contributed by atoms with Crippen LogP contribution in [0.25, 0.3) is 0 Å². The highest BCUT2D eigenvalue weighted by Crippen LogP contribution is 2.25. The van der Waals surface area contributed by atoms with Gasteiger partial charge in [0, 0.05) is 17.6 Å². The summed E-state index contributed by atoms with van der Waals surface area (Å²) in [7, 11) is -3.43. The molecule has 0 bridgehead atoms. The molecule has 0 aliphatic carbocycles. The number of rotatable bonds is 7. The van der Waals surface area contributed by atoms with Crippen LogP contribution < -0.4 is 10.0 Å². The Balaban J connectivity index is 3.15. The van der Waals surface area contributed by atoms with Crippen molar-refractivity contribution < 1.29 is 8.42 Å². The SMILES string of the molecule is CCCNS(=O)(=O)c1cc(CNCC)cc(Br)c1C. The van der Waals surface area contributed by atoms with Gasteiger partial charge in [0.1, 0.15) is 0 Å². The summed E-state index contributed by atoms with van der Waals surface area (Å²) in [6.07, 6.45) is 0.774. The summed E-state index contributed by atoms with van der Waals surface area (Å²) in [5.74, 6) is 0. The molecule has 0 aliphatic heterocycles. The minimum Gasteiger partial charge on any atom is -0.313 e. The summed E-state index contributed by atoms with van der Waals surface area (Å²) in [5.41, 5.74) is 1.69. The van der Waals surface area contributed by atoms with Crippen molar-refractivity contribution in [1.29, 1.82) is 0 Å². The average Bonchev–Trinajstić information content (AvgIpc) is 2.37. The summed E-state index contributed by atoms with van der Waals surface area (Å²) in [5, 5.41) is 3.20. The summed E-state index contributed by atoms with van der Waals surface area (Å²) in [6, 6.07) is 3.69. The lowest BCUT2D eigenvalue weighted by Gasteiger charge is -2.13. The van der Waals surface area contributed by atoms with Crippen LogP contribution in [0.1, 0.15) is 31.4 Å². The zero-order valence-corrected chi connectivity index (χ0v) is 14.0. The average molecular weight is 349 g/mol. The molecule has 0 saturated heterocycles. The second-order valence-corrected chi connectivity index (χ2v) is 6.97. The van der Waals surface area contributed by atoms with Crippen molar-refractivity contribution >= 4 is 26.0 Å². The first kappa shape index (κ1) is 16.6. The zero-order chi connectivity index (χ0) is 14.5. The van der Waals surface area contributed by atoms with Crippen LogP contribution in [0.15, 0.2) is 21.5 Å². The molecule has 0 radical (unpaired) electrons. The predicted molar refractivity (Wildman–Crippen MR) is 81.7 cm³/mol. The van der Waals surface area contributed by atoms with Crippen molar-refractivity contribution in [2.75, 3.05) is 13.1 Å². The van der Waals surface area contributed by atoms with Gasteiger partial charge >= 0.3 is 0 Å². The Bertz CT molecular complexity index is 530. The molecular weight excluding hydrogens is 328 g/mol. The van der Waals surface area contributed by atoms with Crippen LogP contribution >= 0.6 is 15.9 Å². The maximum atomic E-state index is 12.2. The first-order valence-corrected chi connectivity index (χ1v) is 8.69. The fraction of sp³-hybridized carbons (Fsp3) is 0.538. The normalized spacial score (nSPS) is 11.8. The molecule has 1 aromatic rings. The van der Waals surface area contributed by atoms with Crippen molar-refractivity contribution in [2.24, 2.45) is 0 Å². The van der Waals surface area contributed by atoms with E-state index in [9.17, 15) is 8.42 Å². The van der Waals surface area contributed by atoms with Crippen LogP contribution in [-0.4, -0.2) is 21.5 Å². The molecular formula is C13H21BrN2O2S. The van der Waals surface area contributed by atoms with E-state index in [2.05, 4.69) is 26.0 Å². The zero-order valence-electron chi connectivity index (χ0n) is 11.6. The maximum Gasteiger partial charge on any atom is 0.240 e. The summed E-state index contributed by atoms with van der Waals surface area (Å²) in [6.45, 7) is 7.72. The first-order chi connectivity index (χ1) is 8.92. The number of nitrogens with one attached hydrogen (secondary N) is 2. The molecule has 108 valence electrons. The summed E-state index contributed by atoms with van der Waals surface area (Å²) >= 11 is 3.43. The predicted octanol–water partition coefficient (Wildman–Crippen LogP) is 2.56. The van der Waals surface area contributed by atoms with Gasteiger partial charge in [0.15, 0.2) is 0 Å². The van der Waals surface area contributed by atoms with E-state index < -0.39 is 10.0 Å². The Morgan fingerprint density at radius 3 is 2.53 bits per heavy atom. The van der Waals surface area contributed by atoms with Crippen LogP contribution in [0.4, 0.5) is 0 Å². The fourth-order valence-corrected chi connectivity index (χ4v) is 3.76. The van der Waals surface area contributed by atoms with Crippen LogP contribution in [-0.2, 0) is 16.6 Å². The lowest BCUT2D eigenvalue weighted by atomic mass is 10.1. The van der Waals surface area contributed by atoms with Crippen LogP contribution in [0.5, 0.6) is 0 Å². The van der Waals surface area contributed by atoms with Gasteiger partial charge in [-0.3, -0.25) is 0 Å². The Morgan fingerprint density at radius 1 is 1.26 bits per heavy atom. The van der Waals surface area contributed by atoms with Crippen molar-refractivity contribution in [1.82, 2.24) is 10.0 Å². The van der Waals surface area contributed by atoms with E-state index in [0.29, 0.717) is 18.0 Å². The molecule has 0 aliphatic rings. The molecule has 19 heavy (non-hydrogen) atoms. The van der Waals surface area contributed by atoms with E-state index in [-0.39, 0.29) is 0 Å². The van der Waals surface area contributed by atoms with Crippen LogP contribution in [0, 0.1) is 6.92 Å². The van der Waals surface area contributed by atoms with Crippen LogP contribution in [0.2, 0.25) is 0 Å². The van der Waals surface area contributed by atoms with Gasteiger partial charge in [-0.2, -0.15) is 0 Å². The molecule has 2 N–H and O–H groups in total. The Hall–Kier alpha value is -0.430. The van der Waals surface area contributed by atoms with Crippen molar-refractivity contribution in [3.05, 3.63) is 27.7 Å². The van der Waals surface area contributed by atoms with E-state index >= 15 is 0 Å². The van der Waals surface area contributed by atoms with E-state index in [1.807, 2.05) is 26.8 Å². The van der Waals surface area contributed by atoms with Gasteiger partial charge in [-0.05, 0) is 43.1 Å². The minimum atomic E-state index is -3.43. The van der Waals surface area contributed by atoms with E-state index in [4.69, 9.17) is 0 Å². The Morgan fingerprint density at radius 2 is 1.95 bits per heavy atom. The van der Waals surface area contributed by atoms with E-state index in [0.717, 1.165) is 28.6 Å². The topological polar surface area (TPSA) is 58.2 Å². The molecule has 0 fully saturated rings. The third kappa shape index (κ3) is 4.56. The van der Waals surface area contributed by atoms with Crippen LogP contribution in [0.3, 0.4) is 0 Å². The third-order valence-corrected chi connectivity index (χ3v) is 5.18. The molecule has 4 nitrogen and oxygen atoms in total. The second-order valence-electron chi connectivity index (χ2n) is 4.38. The van der Waals surface area contributed by atoms with E-state index in [1.165, 1.54) is 0 Å². The van der Waals surface area contributed by atoms with Gasteiger partial charge in [0.05, 0.1) is 4.90 Å². The standard InChI is InChI=1S/C13H21BrN2O2S/c1-4-6-16-19(17,18)13-8-11(9-15-5-2)7-12(14)10(13)3/h7-8,15-16H,4-6,9H2,1-3H3. The molecule has 0 aromatic heterocycles. The quantitative estimate of drug-likeness (QED) is 0.795. The van der Waals surface area contributed by atoms with Gasteiger partial charge in [0.25, 0.3) is 0 Å². The number of hydrogen-bond acceptors (Lipinski definition) is 3. The number of hydrogen-bond donors (Lipinski definition) is 2. The largest absolute Gasteiger partial charge is 0.313 e. The maximum absolute atomic E-state index is 12.2. The molecule has 0 amide bonds. The lowest BCUT2D eigenvalue weighted by Crippen LogP contribution is -2.25. The molecule has 0 saturated carbocycles. The fourth-order valence-electron chi connectivity index (χ4n) is 1.67. The lowest BCUT2D eigenvalue weighted by molar-refractivity contribution is 0.579. The van der Waals surface area contributed by atoms with E-state index in [1.54, 1.807) is 6.07 Å². The third-order valence-electron chi connectivity index (χ3n) is 2.77. The second kappa shape index (κ2) is 7.38. The number of halogens is 1. The molecule has 0 atom stereocenters. The van der Waals surface area contributed by atoms with Gasteiger partial charge < -0.3 is 5.32 Å². The van der Waals surface area contributed by atoms with Gasteiger partial charge in [-0.15, -0.1) is 0 Å². The summed E-state index contributed by atoms with van der Waals surface area (Å²) in [4.78, 5) is 0.350. The molecule has 0 spiro atoms. The smallest absolute Gasteiger partial charge is 0.240 e. The van der Waals surface area contributed by atoms with Crippen molar-refractivity contribution in [3.8, 4) is 0 Å². The van der Waals surface area contributed by atoms with Gasteiger partial charge in [-0.1, -0.05) is 29.8 Å². The number of sulfonamides is 1. The van der Waals surface area contributed by atoms with Crippen molar-refractivity contribution in [2.45, 2.75) is 38.6 Å². The number of benzene rings is 1. The summed E-state index contributed by atoms with van der Waals surface area (Å²) < 4.78 is 27.9. The monoisotopic (exact) mass is 348 g/mol. The molecule has 1 rings (SSSR count). The highest BCUT2D eigenvalue weighted by atomic mass is 79.9. The Kier molecular flexibility index (Phi) is 6.46. The first-order valence-electron chi connectivity index (χ1n) is 6.41. The molecule has 1 aromatic carbocycles.